The zero-order valence-corrected chi connectivity index (χ0v) is 14.9. The molecule has 2 atom stereocenters. The van der Waals surface area contributed by atoms with Crippen molar-refractivity contribution in [3.63, 3.8) is 0 Å². The number of carbonyl (C=O) groups is 1. The topological polar surface area (TPSA) is 89.6 Å². The summed E-state index contributed by atoms with van der Waals surface area (Å²) in [6.45, 7) is 4.02. The predicted octanol–water partition coefficient (Wildman–Crippen LogP) is 1.53. The number of hydrogen-bond acceptors (Lipinski definition) is 6. The Morgan fingerprint density at radius 3 is 2.85 bits per heavy atom. The quantitative estimate of drug-likeness (QED) is 0.891. The lowest BCUT2D eigenvalue weighted by Gasteiger charge is -2.24. The molecule has 0 bridgehead atoms. The van der Waals surface area contributed by atoms with Gasteiger partial charge in [0, 0.05) is 25.8 Å². The number of benzene rings is 1. The monoisotopic (exact) mass is 358 g/mol. The fraction of sp³-hybridized carbons (Fsp3) is 0.500. The Kier molecular flexibility index (Phi) is 4.50. The summed E-state index contributed by atoms with van der Waals surface area (Å²) in [5.74, 6) is 2.84. The number of ether oxygens (including phenoxy) is 3. The lowest BCUT2D eigenvalue weighted by molar-refractivity contribution is 0.0549. The second kappa shape index (κ2) is 6.95. The summed E-state index contributed by atoms with van der Waals surface area (Å²) in [5, 5.41) is 7.13. The van der Waals surface area contributed by atoms with Crippen molar-refractivity contribution in [3.05, 3.63) is 35.4 Å². The van der Waals surface area contributed by atoms with Gasteiger partial charge in [-0.2, -0.15) is 5.10 Å². The van der Waals surface area contributed by atoms with Crippen LogP contribution in [-0.4, -0.2) is 65.5 Å². The number of aromatic nitrogens is 3. The van der Waals surface area contributed by atoms with Crippen molar-refractivity contribution in [1.82, 2.24) is 20.1 Å². The van der Waals surface area contributed by atoms with Crippen molar-refractivity contribution in [2.24, 2.45) is 0 Å². The smallest absolute Gasteiger partial charge is 0.253 e. The number of hydrogen-bond donors (Lipinski definition) is 1. The number of nitrogens with one attached hydrogen (secondary N) is 1. The fourth-order valence-electron chi connectivity index (χ4n) is 3.40. The molecule has 1 fully saturated rings. The minimum atomic E-state index is -0.114. The molecular formula is C18H22N4O4. The molecule has 0 saturated carbocycles. The SMILES string of the molecule is Cc1nc([C@@H]2CCO[C@@H]2CN(C)C(=O)c2ccc3c(c2)OCCO3)n[nH]1. The van der Waals surface area contributed by atoms with Gasteiger partial charge < -0.3 is 19.1 Å². The normalized spacial score (nSPS) is 21.6. The largest absolute Gasteiger partial charge is 0.486 e. The van der Waals surface area contributed by atoms with Crippen LogP contribution in [0, 0.1) is 6.92 Å². The number of carbonyl (C=O) groups excluding carboxylic acids is 1. The molecule has 2 aromatic rings. The second-order valence-electron chi connectivity index (χ2n) is 6.63. The highest BCUT2D eigenvalue weighted by molar-refractivity contribution is 5.94. The molecule has 0 radical (unpaired) electrons. The highest BCUT2D eigenvalue weighted by Crippen LogP contribution is 2.32. The van der Waals surface area contributed by atoms with E-state index in [0.29, 0.717) is 43.4 Å². The zero-order valence-electron chi connectivity index (χ0n) is 14.9. The number of aromatic amines is 1. The molecule has 0 aliphatic carbocycles. The first kappa shape index (κ1) is 16.8. The molecule has 0 unspecified atom stereocenters. The van der Waals surface area contributed by atoms with Gasteiger partial charge in [0.25, 0.3) is 5.91 Å². The van der Waals surface area contributed by atoms with Gasteiger partial charge in [0.2, 0.25) is 0 Å². The molecule has 0 spiro atoms. The summed E-state index contributed by atoms with van der Waals surface area (Å²) < 4.78 is 16.9. The first-order valence-electron chi connectivity index (χ1n) is 8.77. The number of fused-ring (bicyclic) bond motifs is 1. The van der Waals surface area contributed by atoms with Gasteiger partial charge in [-0.3, -0.25) is 9.89 Å². The molecule has 1 amide bonds. The fourth-order valence-corrected chi connectivity index (χ4v) is 3.40. The van der Waals surface area contributed by atoms with Gasteiger partial charge >= 0.3 is 0 Å². The summed E-state index contributed by atoms with van der Waals surface area (Å²) in [5.41, 5.74) is 0.569. The van der Waals surface area contributed by atoms with E-state index in [1.807, 2.05) is 6.92 Å². The molecular weight excluding hydrogens is 336 g/mol. The van der Waals surface area contributed by atoms with E-state index in [1.54, 1.807) is 30.1 Å². The van der Waals surface area contributed by atoms with E-state index in [9.17, 15) is 4.79 Å². The maximum Gasteiger partial charge on any atom is 0.253 e. The first-order valence-corrected chi connectivity index (χ1v) is 8.77. The third-order valence-corrected chi connectivity index (χ3v) is 4.75. The third kappa shape index (κ3) is 3.24. The summed E-state index contributed by atoms with van der Waals surface area (Å²) in [4.78, 5) is 18.9. The van der Waals surface area contributed by atoms with Crippen LogP contribution in [0.15, 0.2) is 18.2 Å². The molecule has 1 aromatic carbocycles. The highest BCUT2D eigenvalue weighted by Gasteiger charge is 2.34. The molecule has 4 rings (SSSR count). The Hall–Kier alpha value is -2.61. The number of aryl methyl sites for hydroxylation is 1. The van der Waals surface area contributed by atoms with Crippen LogP contribution in [0.5, 0.6) is 11.5 Å². The molecule has 3 heterocycles. The van der Waals surface area contributed by atoms with Crippen molar-refractivity contribution in [1.29, 1.82) is 0 Å². The number of nitrogens with zero attached hydrogens (tertiary/aromatic N) is 3. The third-order valence-electron chi connectivity index (χ3n) is 4.75. The number of H-pyrrole nitrogens is 1. The Bertz CT molecular complexity index is 806. The second-order valence-corrected chi connectivity index (χ2v) is 6.63. The van der Waals surface area contributed by atoms with Gasteiger partial charge in [-0.1, -0.05) is 0 Å². The molecule has 1 saturated heterocycles. The van der Waals surface area contributed by atoms with Gasteiger partial charge in [0.05, 0.1) is 12.0 Å². The molecule has 1 N–H and O–H groups in total. The van der Waals surface area contributed by atoms with Crippen LogP contribution >= 0.6 is 0 Å². The van der Waals surface area contributed by atoms with E-state index in [-0.39, 0.29) is 17.9 Å². The Balaban J connectivity index is 1.45. The lowest BCUT2D eigenvalue weighted by atomic mass is 10.00. The minimum absolute atomic E-state index is 0.0811. The van der Waals surface area contributed by atoms with Crippen molar-refractivity contribution in [2.75, 3.05) is 33.4 Å². The summed E-state index contributed by atoms with van der Waals surface area (Å²) in [6, 6.07) is 5.28. The average Bonchev–Trinajstić information content (AvgIpc) is 3.29. The Morgan fingerprint density at radius 1 is 1.27 bits per heavy atom. The summed E-state index contributed by atoms with van der Waals surface area (Å²) in [6.07, 6.45) is 0.741. The average molecular weight is 358 g/mol. The lowest BCUT2D eigenvalue weighted by Crippen LogP contribution is -2.36. The van der Waals surface area contributed by atoms with Gasteiger partial charge in [-0.15, -0.1) is 0 Å². The summed E-state index contributed by atoms with van der Waals surface area (Å²) >= 11 is 0. The van der Waals surface area contributed by atoms with Gasteiger partial charge in [-0.25, -0.2) is 4.98 Å². The van der Waals surface area contributed by atoms with E-state index in [1.165, 1.54) is 0 Å². The van der Waals surface area contributed by atoms with E-state index in [0.717, 1.165) is 18.1 Å². The van der Waals surface area contributed by atoms with Crippen molar-refractivity contribution in [3.8, 4) is 11.5 Å². The van der Waals surface area contributed by atoms with Crippen LogP contribution in [0.4, 0.5) is 0 Å². The van der Waals surface area contributed by atoms with Crippen molar-refractivity contribution < 1.29 is 19.0 Å². The maximum absolute atomic E-state index is 12.8. The van der Waals surface area contributed by atoms with Crippen LogP contribution in [0.1, 0.15) is 34.3 Å². The van der Waals surface area contributed by atoms with E-state index in [4.69, 9.17) is 14.2 Å². The van der Waals surface area contributed by atoms with Crippen LogP contribution in [0.2, 0.25) is 0 Å². The standard InChI is InChI=1S/C18H22N4O4/c1-11-19-17(21-20-11)13-5-6-24-16(13)10-22(2)18(23)12-3-4-14-15(9-12)26-8-7-25-14/h3-4,9,13,16H,5-8,10H2,1-2H3,(H,19,20,21)/t13-,16-/m1/s1. The molecule has 8 heteroatoms. The zero-order chi connectivity index (χ0) is 18.1. The van der Waals surface area contributed by atoms with E-state index < -0.39 is 0 Å². The molecule has 1 aromatic heterocycles. The maximum atomic E-state index is 12.8. The molecule has 8 nitrogen and oxygen atoms in total. The van der Waals surface area contributed by atoms with Gasteiger partial charge in [0.1, 0.15) is 19.0 Å². The minimum Gasteiger partial charge on any atom is -0.486 e. The number of amides is 1. The van der Waals surface area contributed by atoms with Gasteiger partial charge in [-0.05, 0) is 31.5 Å². The Morgan fingerprint density at radius 2 is 2.08 bits per heavy atom. The van der Waals surface area contributed by atoms with Crippen molar-refractivity contribution >= 4 is 5.91 Å². The number of likely N-dealkylation sites (N-methyl/N-ethyl adjacent to an activating group) is 1. The highest BCUT2D eigenvalue weighted by atomic mass is 16.6. The summed E-state index contributed by atoms with van der Waals surface area (Å²) in [7, 11) is 1.78. The van der Waals surface area contributed by atoms with E-state index >= 15 is 0 Å². The van der Waals surface area contributed by atoms with E-state index in [2.05, 4.69) is 15.2 Å². The molecule has 2 aliphatic rings. The first-order chi connectivity index (χ1) is 12.6. The predicted molar refractivity (Wildman–Crippen MR) is 92.6 cm³/mol. The van der Waals surface area contributed by atoms with Crippen LogP contribution in [-0.2, 0) is 4.74 Å². The van der Waals surface area contributed by atoms with Crippen molar-refractivity contribution in [2.45, 2.75) is 25.4 Å². The molecule has 26 heavy (non-hydrogen) atoms. The molecule has 2 aliphatic heterocycles. The van der Waals surface area contributed by atoms with Crippen LogP contribution < -0.4 is 9.47 Å². The Labute approximate surface area is 151 Å². The van der Waals surface area contributed by atoms with Crippen LogP contribution in [0.25, 0.3) is 0 Å². The van der Waals surface area contributed by atoms with Gasteiger partial charge in [0.15, 0.2) is 17.3 Å². The van der Waals surface area contributed by atoms with Crippen LogP contribution in [0.3, 0.4) is 0 Å². The number of rotatable bonds is 4. The molecule has 138 valence electrons.